The first-order chi connectivity index (χ1) is 8.60. The van der Waals surface area contributed by atoms with E-state index in [1.165, 1.54) is 0 Å². The highest BCUT2D eigenvalue weighted by Crippen LogP contribution is 2.16. The molecular weight excluding hydrogens is 231 g/mol. The Bertz CT molecular complexity index is 369. The molecule has 2 N–H and O–H groups in total. The summed E-state index contributed by atoms with van der Waals surface area (Å²) in [5.74, 6) is -0.178. The minimum Gasteiger partial charge on any atom is -0.383 e. The summed E-state index contributed by atoms with van der Waals surface area (Å²) in [7, 11) is 1.67. The van der Waals surface area contributed by atoms with Crippen molar-refractivity contribution in [2.75, 3.05) is 20.3 Å². The number of methoxy groups -OCH3 is 1. The molecular formula is C14H23FN2O. The summed E-state index contributed by atoms with van der Waals surface area (Å²) >= 11 is 0. The Morgan fingerprint density at radius 1 is 1.33 bits per heavy atom. The van der Waals surface area contributed by atoms with Gasteiger partial charge in [-0.3, -0.25) is 4.90 Å². The minimum absolute atomic E-state index is 0.178. The Hall–Kier alpha value is -0.970. The van der Waals surface area contributed by atoms with Gasteiger partial charge in [-0.2, -0.15) is 0 Å². The van der Waals surface area contributed by atoms with Gasteiger partial charge >= 0.3 is 0 Å². The Morgan fingerprint density at radius 3 is 2.56 bits per heavy atom. The second kappa shape index (κ2) is 7.46. The lowest BCUT2D eigenvalue weighted by atomic mass is 10.1. The molecule has 0 aliphatic carbocycles. The Labute approximate surface area is 109 Å². The maximum Gasteiger partial charge on any atom is 0.132 e. The van der Waals surface area contributed by atoms with E-state index in [2.05, 4.69) is 18.7 Å². The first kappa shape index (κ1) is 15.1. The number of ether oxygens (including phenoxy) is 1. The van der Waals surface area contributed by atoms with Gasteiger partial charge in [0, 0.05) is 43.9 Å². The van der Waals surface area contributed by atoms with Crippen molar-refractivity contribution in [3.63, 3.8) is 0 Å². The van der Waals surface area contributed by atoms with Crippen LogP contribution in [0.1, 0.15) is 25.0 Å². The molecule has 0 aliphatic heterocycles. The van der Waals surface area contributed by atoms with Gasteiger partial charge in [-0.05, 0) is 13.8 Å². The van der Waals surface area contributed by atoms with Crippen molar-refractivity contribution in [2.45, 2.75) is 33.0 Å². The summed E-state index contributed by atoms with van der Waals surface area (Å²) < 4.78 is 19.2. The summed E-state index contributed by atoms with van der Waals surface area (Å²) in [6.07, 6.45) is 0. The normalized spacial score (nSPS) is 11.5. The van der Waals surface area contributed by atoms with Crippen molar-refractivity contribution in [3.05, 3.63) is 35.1 Å². The molecule has 18 heavy (non-hydrogen) atoms. The largest absolute Gasteiger partial charge is 0.383 e. The molecule has 0 unspecified atom stereocenters. The van der Waals surface area contributed by atoms with E-state index in [0.717, 1.165) is 6.54 Å². The molecule has 0 spiro atoms. The molecule has 1 aromatic carbocycles. The molecule has 1 aromatic rings. The van der Waals surface area contributed by atoms with Crippen LogP contribution in [0.25, 0.3) is 0 Å². The number of nitrogens with zero attached hydrogens (tertiary/aromatic N) is 1. The fraction of sp³-hybridized carbons (Fsp3) is 0.571. The topological polar surface area (TPSA) is 38.5 Å². The lowest BCUT2D eigenvalue weighted by Crippen LogP contribution is -2.33. The number of hydrogen-bond acceptors (Lipinski definition) is 3. The number of nitrogens with two attached hydrogens (primary N) is 1. The van der Waals surface area contributed by atoms with Crippen LogP contribution in [0.3, 0.4) is 0 Å². The number of hydrogen-bond donors (Lipinski definition) is 1. The highest BCUT2D eigenvalue weighted by atomic mass is 19.1. The third-order valence-corrected chi connectivity index (χ3v) is 3.06. The number of rotatable bonds is 7. The van der Waals surface area contributed by atoms with Crippen molar-refractivity contribution < 1.29 is 9.13 Å². The molecule has 0 aliphatic rings. The molecule has 0 heterocycles. The van der Waals surface area contributed by atoms with Gasteiger partial charge in [0.2, 0.25) is 0 Å². The van der Waals surface area contributed by atoms with Crippen molar-refractivity contribution in [3.8, 4) is 0 Å². The molecule has 0 saturated heterocycles. The van der Waals surface area contributed by atoms with Gasteiger partial charge in [0.25, 0.3) is 0 Å². The number of halogens is 1. The van der Waals surface area contributed by atoms with Crippen molar-refractivity contribution in [1.82, 2.24) is 4.90 Å². The molecule has 0 bridgehead atoms. The summed E-state index contributed by atoms with van der Waals surface area (Å²) in [6, 6.07) is 5.75. The van der Waals surface area contributed by atoms with Crippen LogP contribution in [0.5, 0.6) is 0 Å². The van der Waals surface area contributed by atoms with Gasteiger partial charge in [-0.25, -0.2) is 4.39 Å². The van der Waals surface area contributed by atoms with Gasteiger partial charge in [0.05, 0.1) is 6.61 Å². The first-order valence-electron chi connectivity index (χ1n) is 6.29. The number of benzene rings is 1. The van der Waals surface area contributed by atoms with Crippen molar-refractivity contribution in [1.29, 1.82) is 0 Å². The fourth-order valence-electron chi connectivity index (χ4n) is 1.86. The predicted octanol–water partition coefficient (Wildman–Crippen LogP) is 2.14. The highest BCUT2D eigenvalue weighted by Gasteiger charge is 2.13. The van der Waals surface area contributed by atoms with E-state index in [1.807, 2.05) is 12.1 Å². The van der Waals surface area contributed by atoms with Crippen LogP contribution in [0.4, 0.5) is 4.39 Å². The molecule has 1 rings (SSSR count). The lowest BCUT2D eigenvalue weighted by molar-refractivity contribution is 0.124. The zero-order valence-corrected chi connectivity index (χ0v) is 11.4. The predicted molar refractivity (Wildman–Crippen MR) is 71.7 cm³/mol. The third kappa shape index (κ3) is 4.05. The average molecular weight is 254 g/mol. The molecule has 0 amide bonds. The van der Waals surface area contributed by atoms with Gasteiger partial charge in [0.1, 0.15) is 5.82 Å². The van der Waals surface area contributed by atoms with E-state index in [9.17, 15) is 4.39 Å². The maximum atomic E-state index is 14.1. The van der Waals surface area contributed by atoms with Crippen LogP contribution in [-0.2, 0) is 17.8 Å². The molecule has 4 heteroatoms. The van der Waals surface area contributed by atoms with Crippen LogP contribution in [-0.4, -0.2) is 31.2 Å². The Morgan fingerprint density at radius 2 is 2.00 bits per heavy atom. The molecule has 0 atom stereocenters. The highest BCUT2D eigenvalue weighted by molar-refractivity contribution is 5.25. The van der Waals surface area contributed by atoms with E-state index < -0.39 is 0 Å². The van der Waals surface area contributed by atoms with E-state index >= 15 is 0 Å². The van der Waals surface area contributed by atoms with Crippen LogP contribution in [0.2, 0.25) is 0 Å². The Balaban J connectivity index is 2.80. The second-order valence-electron chi connectivity index (χ2n) is 4.65. The smallest absolute Gasteiger partial charge is 0.132 e. The van der Waals surface area contributed by atoms with Crippen molar-refractivity contribution in [2.24, 2.45) is 5.73 Å². The fourth-order valence-corrected chi connectivity index (χ4v) is 1.86. The minimum atomic E-state index is -0.178. The molecule has 0 saturated carbocycles. The lowest BCUT2D eigenvalue weighted by Gasteiger charge is -2.26. The maximum absolute atomic E-state index is 14.1. The summed E-state index contributed by atoms with van der Waals surface area (Å²) in [4.78, 5) is 2.18. The molecule has 3 nitrogen and oxygen atoms in total. The monoisotopic (exact) mass is 254 g/mol. The zero-order valence-electron chi connectivity index (χ0n) is 11.4. The van der Waals surface area contributed by atoms with Crippen LogP contribution in [0.15, 0.2) is 18.2 Å². The van der Waals surface area contributed by atoms with Crippen LogP contribution in [0, 0.1) is 5.82 Å². The Kier molecular flexibility index (Phi) is 6.25. The molecule has 102 valence electrons. The summed E-state index contributed by atoms with van der Waals surface area (Å²) in [5.41, 5.74) is 6.79. The molecule has 0 radical (unpaired) electrons. The van der Waals surface area contributed by atoms with E-state index in [4.69, 9.17) is 10.5 Å². The first-order valence-corrected chi connectivity index (χ1v) is 6.29. The van der Waals surface area contributed by atoms with Gasteiger partial charge in [-0.15, -0.1) is 0 Å². The average Bonchev–Trinajstić information content (AvgIpc) is 2.36. The van der Waals surface area contributed by atoms with E-state index in [0.29, 0.717) is 30.3 Å². The van der Waals surface area contributed by atoms with Gasteiger partial charge < -0.3 is 10.5 Å². The SMILES string of the molecule is COCCN(Cc1cccc(CN)c1F)C(C)C. The molecule has 0 fully saturated rings. The van der Waals surface area contributed by atoms with E-state index in [-0.39, 0.29) is 12.4 Å². The third-order valence-electron chi connectivity index (χ3n) is 3.06. The van der Waals surface area contributed by atoms with Crippen LogP contribution >= 0.6 is 0 Å². The van der Waals surface area contributed by atoms with Crippen LogP contribution < -0.4 is 5.73 Å². The van der Waals surface area contributed by atoms with Gasteiger partial charge in [0.15, 0.2) is 0 Å². The molecule has 0 aromatic heterocycles. The standard InChI is InChI=1S/C14H23FN2O/c1-11(2)17(7-8-18-3)10-13-6-4-5-12(9-16)14(13)15/h4-6,11H,7-10,16H2,1-3H3. The van der Waals surface area contributed by atoms with Gasteiger partial charge in [-0.1, -0.05) is 18.2 Å². The van der Waals surface area contributed by atoms with E-state index in [1.54, 1.807) is 13.2 Å². The zero-order chi connectivity index (χ0) is 13.5. The summed E-state index contributed by atoms with van der Waals surface area (Å²) in [5, 5.41) is 0. The summed E-state index contributed by atoms with van der Waals surface area (Å²) in [6.45, 7) is 6.46. The second-order valence-corrected chi connectivity index (χ2v) is 4.65. The van der Waals surface area contributed by atoms with Crippen molar-refractivity contribution >= 4 is 0 Å². The quantitative estimate of drug-likeness (QED) is 0.810.